The molecule has 0 unspecified atom stereocenters. The van der Waals surface area contributed by atoms with Gasteiger partial charge in [0.05, 0.1) is 13.5 Å². The van der Waals surface area contributed by atoms with Crippen molar-refractivity contribution >= 4 is 5.91 Å². The first-order chi connectivity index (χ1) is 11.5. The number of hydrogen-bond acceptors (Lipinski definition) is 3. The van der Waals surface area contributed by atoms with Gasteiger partial charge in [0.1, 0.15) is 0 Å². The van der Waals surface area contributed by atoms with Crippen LogP contribution in [0.3, 0.4) is 0 Å². The lowest BCUT2D eigenvalue weighted by Crippen LogP contribution is -2.37. The minimum Gasteiger partial charge on any atom is -0.504 e. The summed E-state index contributed by atoms with van der Waals surface area (Å²) in [6.07, 6.45) is 6.96. The summed E-state index contributed by atoms with van der Waals surface area (Å²) in [4.78, 5) is 12.3. The van der Waals surface area contributed by atoms with Crippen LogP contribution in [-0.4, -0.2) is 24.2 Å². The average molecular weight is 331 g/mol. The number of hydrogen-bond donors (Lipinski definition) is 2. The summed E-state index contributed by atoms with van der Waals surface area (Å²) < 4.78 is 5.08. The molecule has 0 spiro atoms. The molecule has 0 atom stereocenters. The molecule has 1 saturated carbocycles. The van der Waals surface area contributed by atoms with Crippen molar-refractivity contribution in [1.29, 1.82) is 0 Å². The Bertz CT molecular complexity index is 597. The summed E-state index contributed by atoms with van der Waals surface area (Å²) in [6.45, 7) is 4.46. The van der Waals surface area contributed by atoms with Crippen LogP contribution < -0.4 is 10.1 Å². The van der Waals surface area contributed by atoms with Crippen LogP contribution in [0.1, 0.15) is 57.9 Å². The number of rotatable bonds is 6. The Hall–Kier alpha value is -1.97. The maximum absolute atomic E-state index is 12.3. The van der Waals surface area contributed by atoms with E-state index >= 15 is 0 Å². The van der Waals surface area contributed by atoms with Crippen molar-refractivity contribution in [2.24, 2.45) is 0 Å². The van der Waals surface area contributed by atoms with Gasteiger partial charge in [0.25, 0.3) is 0 Å². The lowest BCUT2D eigenvalue weighted by Gasteiger charge is -2.26. The first-order valence-electron chi connectivity index (χ1n) is 8.86. The Morgan fingerprint density at radius 2 is 2.04 bits per heavy atom. The number of aromatic hydroxyl groups is 1. The van der Waals surface area contributed by atoms with E-state index in [9.17, 15) is 9.90 Å². The molecule has 0 heterocycles. The van der Waals surface area contributed by atoms with Crippen molar-refractivity contribution in [3.05, 3.63) is 34.9 Å². The van der Waals surface area contributed by atoms with Gasteiger partial charge in [0.15, 0.2) is 11.5 Å². The number of methoxy groups -OCH3 is 1. The number of phenols is 1. The molecule has 24 heavy (non-hydrogen) atoms. The van der Waals surface area contributed by atoms with Crippen LogP contribution in [0.5, 0.6) is 11.5 Å². The van der Waals surface area contributed by atoms with E-state index in [1.54, 1.807) is 29.3 Å². The van der Waals surface area contributed by atoms with Crippen LogP contribution in [-0.2, 0) is 11.2 Å². The Morgan fingerprint density at radius 3 is 2.67 bits per heavy atom. The summed E-state index contributed by atoms with van der Waals surface area (Å²) in [7, 11) is 1.51. The zero-order valence-corrected chi connectivity index (χ0v) is 15.0. The van der Waals surface area contributed by atoms with Crippen LogP contribution in [0.4, 0.5) is 0 Å². The van der Waals surface area contributed by atoms with Crippen molar-refractivity contribution < 1.29 is 14.6 Å². The molecule has 1 aliphatic rings. The van der Waals surface area contributed by atoms with Crippen molar-refractivity contribution in [2.75, 3.05) is 7.11 Å². The quantitative estimate of drug-likeness (QED) is 0.771. The van der Waals surface area contributed by atoms with E-state index in [4.69, 9.17) is 4.74 Å². The Morgan fingerprint density at radius 1 is 1.33 bits per heavy atom. The monoisotopic (exact) mass is 331 g/mol. The van der Waals surface area contributed by atoms with Gasteiger partial charge in [-0.25, -0.2) is 0 Å². The fraction of sp³-hybridized carbons (Fsp3) is 0.550. The van der Waals surface area contributed by atoms with E-state index in [1.807, 2.05) is 0 Å². The lowest BCUT2D eigenvalue weighted by atomic mass is 9.87. The fourth-order valence-electron chi connectivity index (χ4n) is 3.39. The topological polar surface area (TPSA) is 58.6 Å². The molecular formula is C20H29NO3. The molecule has 132 valence electrons. The molecule has 0 aromatic heterocycles. The molecule has 1 aromatic carbocycles. The number of nitrogens with one attached hydrogen (secondary N) is 1. The maximum Gasteiger partial charge on any atom is 0.224 e. The van der Waals surface area contributed by atoms with Crippen LogP contribution in [0.15, 0.2) is 29.3 Å². The summed E-state index contributed by atoms with van der Waals surface area (Å²) in [5.41, 5.74) is 3.97. The van der Waals surface area contributed by atoms with E-state index in [0.29, 0.717) is 12.2 Å². The maximum atomic E-state index is 12.3. The van der Waals surface area contributed by atoms with E-state index in [1.165, 1.54) is 20.0 Å². The van der Waals surface area contributed by atoms with Crippen LogP contribution in [0.25, 0.3) is 0 Å². The third-order valence-corrected chi connectivity index (χ3v) is 4.79. The standard InChI is InChI=1S/C20H29NO3/c1-4-5-14(2)16-7-9-17(10-8-16)21-20(23)13-15-6-11-18(22)19(12-15)24-3/h6,11-12,17,22H,4-5,7-10,13H2,1-3H3,(H,21,23). The van der Waals surface area contributed by atoms with Crippen molar-refractivity contribution in [1.82, 2.24) is 5.32 Å². The Balaban J connectivity index is 1.85. The lowest BCUT2D eigenvalue weighted by molar-refractivity contribution is -0.121. The van der Waals surface area contributed by atoms with Crippen LogP contribution >= 0.6 is 0 Å². The summed E-state index contributed by atoms with van der Waals surface area (Å²) >= 11 is 0. The Labute approximate surface area is 144 Å². The zero-order chi connectivity index (χ0) is 17.5. The van der Waals surface area contributed by atoms with E-state index in [0.717, 1.165) is 31.2 Å². The molecule has 1 aromatic rings. The highest BCUT2D eigenvalue weighted by atomic mass is 16.5. The number of ether oxygens (including phenoxy) is 1. The van der Waals surface area contributed by atoms with E-state index in [-0.39, 0.29) is 17.7 Å². The number of allylic oxidation sites excluding steroid dienone is 2. The molecule has 0 bridgehead atoms. The highest BCUT2D eigenvalue weighted by Gasteiger charge is 2.19. The van der Waals surface area contributed by atoms with Gasteiger partial charge in [-0.2, -0.15) is 0 Å². The second-order valence-electron chi connectivity index (χ2n) is 6.66. The number of amides is 1. The second-order valence-corrected chi connectivity index (χ2v) is 6.66. The summed E-state index contributed by atoms with van der Waals surface area (Å²) in [5.74, 6) is 0.528. The highest BCUT2D eigenvalue weighted by molar-refractivity contribution is 5.79. The first kappa shape index (κ1) is 18.4. The van der Waals surface area contributed by atoms with Gasteiger partial charge in [-0.1, -0.05) is 30.6 Å². The molecule has 0 saturated heterocycles. The third kappa shape index (κ3) is 5.02. The van der Waals surface area contributed by atoms with Crippen LogP contribution in [0.2, 0.25) is 0 Å². The minimum absolute atomic E-state index is 0.0328. The largest absolute Gasteiger partial charge is 0.504 e. The van der Waals surface area contributed by atoms with Gasteiger partial charge in [-0.05, 0) is 56.7 Å². The molecule has 2 rings (SSSR count). The second kappa shape index (κ2) is 8.76. The number of benzene rings is 1. The molecule has 1 fully saturated rings. The van der Waals surface area contributed by atoms with Gasteiger partial charge < -0.3 is 15.2 Å². The molecular weight excluding hydrogens is 302 g/mol. The van der Waals surface area contributed by atoms with Gasteiger partial charge in [-0.3, -0.25) is 4.79 Å². The SMILES string of the molecule is CCCC(C)=C1CCC(NC(=O)Cc2ccc(O)c(OC)c2)CC1. The van der Waals surface area contributed by atoms with E-state index in [2.05, 4.69) is 19.2 Å². The Kier molecular flexibility index (Phi) is 6.71. The van der Waals surface area contributed by atoms with Gasteiger partial charge in [0, 0.05) is 6.04 Å². The van der Waals surface area contributed by atoms with Crippen molar-refractivity contribution in [3.8, 4) is 11.5 Å². The number of phenolic OH excluding ortho intramolecular Hbond substituents is 1. The minimum atomic E-state index is 0.0328. The first-order valence-corrected chi connectivity index (χ1v) is 8.86. The number of carbonyl (C=O) groups is 1. The predicted molar refractivity (Wildman–Crippen MR) is 96.4 cm³/mol. The molecule has 4 nitrogen and oxygen atoms in total. The van der Waals surface area contributed by atoms with Gasteiger partial charge in [0.2, 0.25) is 5.91 Å². The average Bonchev–Trinajstić information content (AvgIpc) is 2.57. The molecule has 1 amide bonds. The van der Waals surface area contributed by atoms with E-state index < -0.39 is 0 Å². The summed E-state index contributed by atoms with van der Waals surface area (Å²) in [6, 6.07) is 5.31. The molecule has 0 radical (unpaired) electrons. The molecule has 4 heteroatoms. The molecule has 2 N–H and O–H groups in total. The van der Waals surface area contributed by atoms with Gasteiger partial charge >= 0.3 is 0 Å². The number of carbonyl (C=O) groups excluding carboxylic acids is 1. The van der Waals surface area contributed by atoms with Crippen molar-refractivity contribution in [2.45, 2.75) is 64.8 Å². The van der Waals surface area contributed by atoms with Gasteiger partial charge in [-0.15, -0.1) is 0 Å². The predicted octanol–water partition coefficient (Wildman–Crippen LogP) is 4.12. The van der Waals surface area contributed by atoms with Crippen LogP contribution in [0, 0.1) is 0 Å². The third-order valence-electron chi connectivity index (χ3n) is 4.79. The highest BCUT2D eigenvalue weighted by Crippen LogP contribution is 2.28. The normalized spacial score (nSPS) is 17.5. The molecule has 0 aliphatic heterocycles. The van der Waals surface area contributed by atoms with Crippen molar-refractivity contribution in [3.63, 3.8) is 0 Å². The smallest absolute Gasteiger partial charge is 0.224 e. The summed E-state index contributed by atoms with van der Waals surface area (Å²) in [5, 5.41) is 12.8. The molecule has 1 aliphatic carbocycles. The fourth-order valence-corrected chi connectivity index (χ4v) is 3.39. The zero-order valence-electron chi connectivity index (χ0n) is 15.0.